The summed E-state index contributed by atoms with van der Waals surface area (Å²) in [6.45, 7) is 5.53. The Bertz CT molecular complexity index is 156. The Morgan fingerprint density at radius 1 is 1.58 bits per heavy atom. The predicted molar refractivity (Wildman–Crippen MR) is 49.9 cm³/mol. The quantitative estimate of drug-likeness (QED) is 0.277. The van der Waals surface area contributed by atoms with Gasteiger partial charge in [-0.2, -0.15) is 0 Å². The Kier molecular flexibility index (Phi) is 6.90. The maximum absolute atomic E-state index is 10.8. The van der Waals surface area contributed by atoms with Crippen LogP contribution in [0.5, 0.6) is 0 Å². The van der Waals surface area contributed by atoms with Crippen molar-refractivity contribution in [3.8, 4) is 0 Å². The van der Waals surface area contributed by atoms with Gasteiger partial charge in [0.25, 0.3) is 0 Å². The number of hydrogen-bond donors (Lipinski definition) is 0. The van der Waals surface area contributed by atoms with Crippen molar-refractivity contribution >= 4 is 18.0 Å². The van der Waals surface area contributed by atoms with E-state index in [4.69, 9.17) is 8.92 Å². The molecular weight excluding hydrogens is 176 g/mol. The molecule has 0 amide bonds. The molecule has 0 saturated carbocycles. The van der Waals surface area contributed by atoms with E-state index in [1.807, 2.05) is 0 Å². The maximum Gasteiger partial charge on any atom is 0.333 e. The molecule has 0 fully saturated rings. The third-order valence-corrected chi connectivity index (χ3v) is 1.76. The molecular formula is C8H14O3S. The molecule has 0 aliphatic rings. The van der Waals surface area contributed by atoms with Crippen LogP contribution in [0.15, 0.2) is 12.2 Å². The molecule has 0 aromatic heterocycles. The van der Waals surface area contributed by atoms with Crippen LogP contribution in [-0.2, 0) is 13.7 Å². The maximum atomic E-state index is 10.8. The smallest absolute Gasteiger partial charge is 0.333 e. The van der Waals surface area contributed by atoms with E-state index in [1.165, 1.54) is 12.0 Å². The molecule has 12 heavy (non-hydrogen) atoms. The molecule has 0 spiro atoms. The average molecular weight is 190 g/mol. The second-order valence-electron chi connectivity index (χ2n) is 2.26. The highest BCUT2D eigenvalue weighted by atomic mass is 32.2. The molecule has 3 nitrogen and oxygen atoms in total. The Balaban J connectivity index is 3.20. The van der Waals surface area contributed by atoms with E-state index in [2.05, 4.69) is 6.58 Å². The van der Waals surface area contributed by atoms with Crippen molar-refractivity contribution in [3.05, 3.63) is 12.2 Å². The first-order valence-corrected chi connectivity index (χ1v) is 4.57. The van der Waals surface area contributed by atoms with Gasteiger partial charge in [-0.25, -0.2) is 4.79 Å². The van der Waals surface area contributed by atoms with Crippen LogP contribution in [-0.4, -0.2) is 25.4 Å². The van der Waals surface area contributed by atoms with Crippen molar-refractivity contribution in [2.75, 3.05) is 19.5 Å². The fraction of sp³-hybridized carbons (Fsp3) is 0.625. The highest BCUT2D eigenvalue weighted by Gasteiger charge is 2.01. The molecule has 0 bridgehead atoms. The largest absolute Gasteiger partial charge is 0.462 e. The zero-order valence-electron chi connectivity index (χ0n) is 7.46. The van der Waals surface area contributed by atoms with Crippen LogP contribution in [0.3, 0.4) is 0 Å². The summed E-state index contributed by atoms with van der Waals surface area (Å²) in [6.07, 6.45) is 0.803. The predicted octanol–water partition coefficient (Wildman–Crippen LogP) is 1.79. The van der Waals surface area contributed by atoms with Crippen molar-refractivity contribution in [1.29, 1.82) is 0 Å². The van der Waals surface area contributed by atoms with Gasteiger partial charge in [0.15, 0.2) is 0 Å². The summed E-state index contributed by atoms with van der Waals surface area (Å²) in [7, 11) is 1.62. The Morgan fingerprint density at radius 3 is 2.75 bits per heavy atom. The molecule has 0 aliphatic heterocycles. The number of ether oxygens (including phenoxy) is 1. The molecule has 0 rings (SSSR count). The molecule has 0 N–H and O–H groups in total. The van der Waals surface area contributed by atoms with Crippen LogP contribution < -0.4 is 0 Å². The van der Waals surface area contributed by atoms with Gasteiger partial charge >= 0.3 is 5.97 Å². The third-order valence-electron chi connectivity index (χ3n) is 1.07. The molecule has 4 heteroatoms. The molecule has 0 saturated heterocycles. The van der Waals surface area contributed by atoms with E-state index in [9.17, 15) is 4.79 Å². The standard InChI is InChI=1S/C8H14O3S/c1-7(2)8(9)11-5-4-6-12-10-3/h1,4-6H2,2-3H3. The second kappa shape index (κ2) is 7.18. The fourth-order valence-corrected chi connectivity index (χ4v) is 0.892. The molecule has 0 aromatic carbocycles. The van der Waals surface area contributed by atoms with Gasteiger partial charge in [-0.3, -0.25) is 0 Å². The van der Waals surface area contributed by atoms with Gasteiger partial charge in [-0.1, -0.05) is 6.58 Å². The first-order chi connectivity index (χ1) is 5.68. The lowest BCUT2D eigenvalue weighted by Gasteiger charge is -2.02. The third kappa shape index (κ3) is 6.24. The Labute approximate surface area is 77.3 Å². The minimum atomic E-state index is -0.322. The minimum Gasteiger partial charge on any atom is -0.462 e. The molecule has 0 radical (unpaired) electrons. The Morgan fingerprint density at radius 2 is 2.25 bits per heavy atom. The van der Waals surface area contributed by atoms with E-state index >= 15 is 0 Å². The van der Waals surface area contributed by atoms with Crippen molar-refractivity contribution in [1.82, 2.24) is 0 Å². The van der Waals surface area contributed by atoms with Crippen LogP contribution in [0.1, 0.15) is 13.3 Å². The lowest BCUT2D eigenvalue weighted by molar-refractivity contribution is -0.138. The van der Waals surface area contributed by atoms with Crippen LogP contribution in [0.2, 0.25) is 0 Å². The summed E-state index contributed by atoms with van der Waals surface area (Å²) in [5.41, 5.74) is 0.439. The van der Waals surface area contributed by atoms with E-state index in [-0.39, 0.29) is 5.97 Å². The molecule has 0 aromatic rings. The topological polar surface area (TPSA) is 35.5 Å². The van der Waals surface area contributed by atoms with Gasteiger partial charge in [-0.15, -0.1) is 0 Å². The first-order valence-electron chi connectivity index (χ1n) is 3.66. The van der Waals surface area contributed by atoms with Gasteiger partial charge in [0, 0.05) is 11.3 Å². The highest BCUT2D eigenvalue weighted by molar-refractivity contribution is 7.94. The molecule has 0 unspecified atom stereocenters. The zero-order chi connectivity index (χ0) is 9.40. The van der Waals surface area contributed by atoms with Crippen molar-refractivity contribution in [2.45, 2.75) is 13.3 Å². The number of hydrogen-bond acceptors (Lipinski definition) is 4. The summed E-state index contributed by atoms with van der Waals surface area (Å²) in [4.78, 5) is 10.8. The zero-order valence-corrected chi connectivity index (χ0v) is 8.28. The van der Waals surface area contributed by atoms with E-state index < -0.39 is 0 Å². The van der Waals surface area contributed by atoms with Gasteiger partial charge in [0.05, 0.1) is 13.7 Å². The number of esters is 1. The summed E-state index contributed by atoms with van der Waals surface area (Å²) >= 11 is 1.35. The van der Waals surface area contributed by atoms with Crippen molar-refractivity contribution in [2.24, 2.45) is 0 Å². The lowest BCUT2D eigenvalue weighted by Crippen LogP contribution is -2.06. The molecule has 0 heterocycles. The average Bonchev–Trinajstić information content (AvgIpc) is 2.03. The minimum absolute atomic E-state index is 0.322. The highest BCUT2D eigenvalue weighted by Crippen LogP contribution is 2.02. The monoisotopic (exact) mass is 190 g/mol. The van der Waals surface area contributed by atoms with Gasteiger partial charge < -0.3 is 8.92 Å². The fourth-order valence-electron chi connectivity index (χ4n) is 0.489. The van der Waals surface area contributed by atoms with Crippen LogP contribution in [0.4, 0.5) is 0 Å². The normalized spacial score (nSPS) is 9.50. The SMILES string of the molecule is C=C(C)C(=O)OCCCSOC. The molecule has 70 valence electrons. The van der Waals surface area contributed by atoms with Gasteiger partial charge in [-0.05, 0) is 25.4 Å². The van der Waals surface area contributed by atoms with E-state index in [0.29, 0.717) is 12.2 Å². The van der Waals surface area contributed by atoms with Crippen molar-refractivity contribution < 1.29 is 13.7 Å². The van der Waals surface area contributed by atoms with Gasteiger partial charge in [0.2, 0.25) is 0 Å². The van der Waals surface area contributed by atoms with Gasteiger partial charge in [0.1, 0.15) is 0 Å². The number of rotatable bonds is 6. The van der Waals surface area contributed by atoms with Crippen LogP contribution >= 0.6 is 12.0 Å². The van der Waals surface area contributed by atoms with Crippen LogP contribution in [0, 0.1) is 0 Å². The second-order valence-corrected chi connectivity index (χ2v) is 3.24. The number of carbonyl (C=O) groups excluding carboxylic acids is 1. The summed E-state index contributed by atoms with van der Waals surface area (Å²) in [5, 5.41) is 0. The first kappa shape index (κ1) is 11.5. The summed E-state index contributed by atoms with van der Waals surface area (Å²) < 4.78 is 9.60. The summed E-state index contributed by atoms with van der Waals surface area (Å²) in [6, 6.07) is 0. The molecule has 0 aliphatic carbocycles. The summed E-state index contributed by atoms with van der Waals surface area (Å²) in [5.74, 6) is 0.511. The number of carbonyl (C=O) groups is 1. The van der Waals surface area contributed by atoms with Crippen molar-refractivity contribution in [3.63, 3.8) is 0 Å². The molecule has 0 atom stereocenters. The Hall–Kier alpha value is -0.480. The van der Waals surface area contributed by atoms with E-state index in [1.54, 1.807) is 14.0 Å². The van der Waals surface area contributed by atoms with Crippen LogP contribution in [0.25, 0.3) is 0 Å². The van der Waals surface area contributed by atoms with E-state index in [0.717, 1.165) is 12.2 Å². The lowest BCUT2D eigenvalue weighted by atomic mass is 10.4.